The molecule has 0 heterocycles. The molecular weight excluding hydrogens is 228 g/mol. The molecular formula is C14H22N2O2. The van der Waals surface area contributed by atoms with E-state index >= 15 is 0 Å². The number of nitrogens with one attached hydrogen (secondary N) is 1. The third-order valence-corrected chi connectivity index (χ3v) is 3.49. The van der Waals surface area contributed by atoms with E-state index in [1.165, 1.54) is 0 Å². The van der Waals surface area contributed by atoms with Crippen molar-refractivity contribution in [3.63, 3.8) is 0 Å². The zero-order valence-electron chi connectivity index (χ0n) is 11.7. The van der Waals surface area contributed by atoms with E-state index in [-0.39, 0.29) is 5.91 Å². The molecule has 0 aliphatic rings. The van der Waals surface area contributed by atoms with Gasteiger partial charge in [-0.05, 0) is 58.4 Å². The molecule has 0 aliphatic heterocycles. The number of carbonyl (C=O) groups is 1. The summed E-state index contributed by atoms with van der Waals surface area (Å²) < 4.78 is 0. The van der Waals surface area contributed by atoms with Gasteiger partial charge in [-0.2, -0.15) is 0 Å². The normalized spacial score (nSPS) is 12.3. The zero-order valence-corrected chi connectivity index (χ0v) is 11.7. The molecule has 0 saturated heterocycles. The number of aryl methyl sites for hydroxylation is 1. The highest BCUT2D eigenvalue weighted by Gasteiger charge is 2.36. The molecule has 1 aromatic carbocycles. The van der Waals surface area contributed by atoms with Crippen LogP contribution >= 0.6 is 0 Å². The van der Waals surface area contributed by atoms with Crippen LogP contribution in [-0.4, -0.2) is 22.2 Å². The van der Waals surface area contributed by atoms with Crippen LogP contribution in [-0.2, 0) is 0 Å². The molecule has 1 aromatic rings. The van der Waals surface area contributed by atoms with Crippen LogP contribution in [0.3, 0.4) is 0 Å². The molecule has 0 saturated carbocycles. The summed E-state index contributed by atoms with van der Waals surface area (Å²) in [6.45, 7) is 8.76. The molecule has 0 radical (unpaired) electrons. The molecule has 4 N–H and O–H groups in total. The van der Waals surface area contributed by atoms with Gasteiger partial charge in [-0.25, -0.2) is 0 Å². The van der Waals surface area contributed by atoms with Crippen LogP contribution in [0.25, 0.3) is 0 Å². The minimum Gasteiger partial charge on any atom is -0.399 e. The number of carbonyl (C=O) groups excluding carboxylic acids is 1. The summed E-state index contributed by atoms with van der Waals surface area (Å²) in [5.41, 5.74) is 6.05. The molecule has 0 atom stereocenters. The summed E-state index contributed by atoms with van der Waals surface area (Å²) in [6, 6.07) is 5.13. The van der Waals surface area contributed by atoms with Gasteiger partial charge in [0.2, 0.25) is 0 Å². The number of nitrogens with two attached hydrogens (primary N) is 1. The lowest BCUT2D eigenvalue weighted by atomic mass is 9.85. The molecule has 18 heavy (non-hydrogen) atoms. The van der Waals surface area contributed by atoms with Crippen LogP contribution in [0.15, 0.2) is 18.2 Å². The topological polar surface area (TPSA) is 75.3 Å². The minimum absolute atomic E-state index is 0.217. The minimum atomic E-state index is -1.01. The molecule has 1 rings (SSSR count). The van der Waals surface area contributed by atoms with E-state index < -0.39 is 11.1 Å². The molecule has 0 spiro atoms. The smallest absolute Gasteiger partial charge is 0.251 e. The van der Waals surface area contributed by atoms with E-state index in [1.54, 1.807) is 45.9 Å². The molecule has 100 valence electrons. The first kappa shape index (κ1) is 14.5. The number of benzene rings is 1. The van der Waals surface area contributed by atoms with Crippen molar-refractivity contribution >= 4 is 11.6 Å². The Bertz CT molecular complexity index is 459. The number of hydrogen-bond donors (Lipinski definition) is 3. The standard InChI is InChI=1S/C14H22N2O2/c1-9-8-10(6-7-11(9)15)12(17)16-13(2,3)14(4,5)18/h6-8,18H,15H2,1-5H3,(H,16,17). The van der Waals surface area contributed by atoms with Crippen LogP contribution in [0.4, 0.5) is 5.69 Å². The predicted molar refractivity (Wildman–Crippen MR) is 73.4 cm³/mol. The maximum atomic E-state index is 12.1. The fraction of sp³-hybridized carbons (Fsp3) is 0.500. The van der Waals surface area contributed by atoms with E-state index in [0.717, 1.165) is 5.56 Å². The first-order valence-corrected chi connectivity index (χ1v) is 5.95. The van der Waals surface area contributed by atoms with Crippen molar-refractivity contribution in [2.75, 3.05) is 5.73 Å². The Morgan fingerprint density at radius 2 is 1.83 bits per heavy atom. The highest BCUT2D eigenvalue weighted by Crippen LogP contribution is 2.21. The molecule has 4 nitrogen and oxygen atoms in total. The fourth-order valence-corrected chi connectivity index (χ4v) is 1.33. The summed E-state index contributed by atoms with van der Waals surface area (Å²) in [7, 11) is 0. The molecule has 0 fully saturated rings. The van der Waals surface area contributed by atoms with Crippen LogP contribution in [0.2, 0.25) is 0 Å². The monoisotopic (exact) mass is 250 g/mol. The van der Waals surface area contributed by atoms with Crippen molar-refractivity contribution in [2.24, 2.45) is 0 Å². The van der Waals surface area contributed by atoms with Gasteiger partial charge in [0.25, 0.3) is 5.91 Å². The van der Waals surface area contributed by atoms with Crippen LogP contribution in [0.5, 0.6) is 0 Å². The van der Waals surface area contributed by atoms with E-state index in [4.69, 9.17) is 5.73 Å². The van der Waals surface area contributed by atoms with E-state index in [2.05, 4.69) is 5.32 Å². The third-order valence-electron chi connectivity index (χ3n) is 3.49. The van der Waals surface area contributed by atoms with Gasteiger partial charge in [-0.1, -0.05) is 0 Å². The SMILES string of the molecule is Cc1cc(C(=O)NC(C)(C)C(C)(C)O)ccc1N. The molecule has 0 unspecified atom stereocenters. The molecule has 4 heteroatoms. The average molecular weight is 250 g/mol. The van der Waals surface area contributed by atoms with Gasteiger partial charge in [-0.3, -0.25) is 4.79 Å². The van der Waals surface area contributed by atoms with Crippen molar-refractivity contribution in [3.8, 4) is 0 Å². The fourth-order valence-electron chi connectivity index (χ4n) is 1.33. The molecule has 0 aliphatic carbocycles. The largest absolute Gasteiger partial charge is 0.399 e. The predicted octanol–water partition coefficient (Wildman–Crippen LogP) is 1.86. The number of rotatable bonds is 3. The van der Waals surface area contributed by atoms with Crippen molar-refractivity contribution < 1.29 is 9.90 Å². The highest BCUT2D eigenvalue weighted by molar-refractivity contribution is 5.95. The van der Waals surface area contributed by atoms with Gasteiger partial charge in [-0.15, -0.1) is 0 Å². The Labute approximate surface area is 108 Å². The lowest BCUT2D eigenvalue weighted by Crippen LogP contribution is -2.57. The second-order valence-electron chi connectivity index (χ2n) is 5.71. The van der Waals surface area contributed by atoms with Crippen molar-refractivity contribution in [1.29, 1.82) is 0 Å². The van der Waals surface area contributed by atoms with Gasteiger partial charge in [0.05, 0.1) is 11.1 Å². The van der Waals surface area contributed by atoms with Crippen LogP contribution in [0.1, 0.15) is 43.6 Å². The Morgan fingerprint density at radius 3 is 2.28 bits per heavy atom. The molecule has 1 amide bonds. The first-order chi connectivity index (χ1) is 8.04. The zero-order chi connectivity index (χ0) is 14.1. The maximum Gasteiger partial charge on any atom is 0.251 e. The Hall–Kier alpha value is -1.55. The van der Waals surface area contributed by atoms with Gasteiger partial charge < -0.3 is 16.2 Å². The maximum absolute atomic E-state index is 12.1. The summed E-state index contributed by atoms with van der Waals surface area (Å²) in [5, 5.41) is 12.8. The van der Waals surface area contributed by atoms with Crippen molar-refractivity contribution in [2.45, 2.75) is 45.8 Å². The number of nitrogen functional groups attached to an aromatic ring is 1. The number of hydrogen-bond acceptors (Lipinski definition) is 3. The van der Waals surface area contributed by atoms with E-state index in [1.807, 2.05) is 6.92 Å². The Balaban J connectivity index is 2.93. The Kier molecular flexibility index (Phi) is 3.72. The van der Waals surface area contributed by atoms with Gasteiger partial charge >= 0.3 is 0 Å². The van der Waals surface area contributed by atoms with Crippen LogP contribution < -0.4 is 11.1 Å². The van der Waals surface area contributed by atoms with Gasteiger partial charge in [0.1, 0.15) is 0 Å². The summed E-state index contributed by atoms with van der Waals surface area (Å²) in [5.74, 6) is -0.217. The van der Waals surface area contributed by atoms with E-state index in [0.29, 0.717) is 11.3 Å². The highest BCUT2D eigenvalue weighted by atomic mass is 16.3. The number of amides is 1. The van der Waals surface area contributed by atoms with Gasteiger partial charge in [0, 0.05) is 11.3 Å². The first-order valence-electron chi connectivity index (χ1n) is 5.95. The average Bonchev–Trinajstić information content (AvgIpc) is 2.19. The number of anilines is 1. The second-order valence-corrected chi connectivity index (χ2v) is 5.71. The molecule has 0 bridgehead atoms. The van der Waals surface area contributed by atoms with Crippen molar-refractivity contribution in [3.05, 3.63) is 29.3 Å². The number of aliphatic hydroxyl groups is 1. The summed E-state index contributed by atoms with van der Waals surface area (Å²) >= 11 is 0. The van der Waals surface area contributed by atoms with E-state index in [9.17, 15) is 9.90 Å². The van der Waals surface area contributed by atoms with Crippen LogP contribution in [0, 0.1) is 6.92 Å². The van der Waals surface area contributed by atoms with Gasteiger partial charge in [0.15, 0.2) is 0 Å². The summed E-state index contributed by atoms with van der Waals surface area (Å²) in [6.07, 6.45) is 0. The summed E-state index contributed by atoms with van der Waals surface area (Å²) in [4.78, 5) is 12.1. The lowest BCUT2D eigenvalue weighted by molar-refractivity contribution is -0.00292. The van der Waals surface area contributed by atoms with Crippen molar-refractivity contribution in [1.82, 2.24) is 5.32 Å². The molecule has 0 aromatic heterocycles. The third kappa shape index (κ3) is 3.01. The second kappa shape index (κ2) is 4.61. The Morgan fingerprint density at radius 1 is 1.28 bits per heavy atom. The lowest BCUT2D eigenvalue weighted by Gasteiger charge is -2.38. The quantitative estimate of drug-likeness (QED) is 0.717.